The number of nitrogen functional groups attached to an aromatic ring is 1. The molecule has 1 aromatic heterocycles. The van der Waals surface area contributed by atoms with Gasteiger partial charge in [-0.05, 0) is 37.0 Å². The molecular weight excluding hydrogens is 602 g/mol. The lowest BCUT2D eigenvalue weighted by atomic mass is 9.65. The van der Waals surface area contributed by atoms with Gasteiger partial charge in [-0.3, -0.25) is 14.1 Å². The van der Waals surface area contributed by atoms with Crippen molar-refractivity contribution in [3.8, 4) is 0 Å². The summed E-state index contributed by atoms with van der Waals surface area (Å²) < 4.78 is 41.6. The van der Waals surface area contributed by atoms with Crippen LogP contribution in [0.1, 0.15) is 42.2 Å². The van der Waals surface area contributed by atoms with Crippen LogP contribution in [0.3, 0.4) is 0 Å². The number of nitrogens with one attached hydrogen (secondary N) is 1. The number of β-lactam (4-membered cyclic amide) rings is 1. The van der Waals surface area contributed by atoms with Crippen LogP contribution < -0.4 is 11.1 Å². The van der Waals surface area contributed by atoms with Crippen LogP contribution in [0.5, 0.6) is 0 Å². The third kappa shape index (κ3) is 6.26. The third-order valence-electron chi connectivity index (χ3n) is 6.94. The Morgan fingerprint density at radius 1 is 1.14 bits per heavy atom. The highest BCUT2D eigenvalue weighted by atomic mass is 32.3. The zero-order valence-corrected chi connectivity index (χ0v) is 23.9. The Kier molecular flexibility index (Phi) is 8.27. The average Bonchev–Trinajstić information content (AvgIpc) is 3.39. The predicted octanol–water partition coefficient (Wildman–Crippen LogP) is 2.28. The number of hydrogen-bond acceptors (Lipinski definition) is 12. The van der Waals surface area contributed by atoms with Gasteiger partial charge in [-0.25, -0.2) is 9.78 Å². The molecule has 0 bridgehead atoms. The molecule has 1 aliphatic heterocycles. The number of rotatable bonds is 11. The molecule has 2 fully saturated rings. The van der Waals surface area contributed by atoms with Gasteiger partial charge in [0.25, 0.3) is 11.8 Å². The minimum atomic E-state index is -4.97. The number of nitrogens with zero attached hydrogens (tertiary/aromatic N) is 3. The van der Waals surface area contributed by atoms with Crippen molar-refractivity contribution in [2.24, 2.45) is 5.16 Å². The Hall–Kier alpha value is -4.64. The number of thiazole rings is 1. The number of aromatic nitrogens is 1. The fourth-order valence-electron chi connectivity index (χ4n) is 4.75. The molecular formula is C27H25N5O9S2. The third-order valence-corrected chi connectivity index (χ3v) is 7.95. The van der Waals surface area contributed by atoms with Crippen LogP contribution >= 0.6 is 11.3 Å². The van der Waals surface area contributed by atoms with Gasteiger partial charge in [-0.2, -0.15) is 13.5 Å². The summed E-state index contributed by atoms with van der Waals surface area (Å²) in [6.45, 7) is 3.58. The topological polar surface area (TPSA) is 200 Å². The molecule has 5 rings (SSSR count). The van der Waals surface area contributed by atoms with Crippen molar-refractivity contribution in [1.82, 2.24) is 15.4 Å². The first kappa shape index (κ1) is 29.8. The monoisotopic (exact) mass is 627 g/mol. The van der Waals surface area contributed by atoms with Gasteiger partial charge in [0.05, 0.1) is 0 Å². The van der Waals surface area contributed by atoms with E-state index < -0.39 is 57.3 Å². The van der Waals surface area contributed by atoms with Crippen LogP contribution in [0.25, 0.3) is 0 Å². The largest absolute Gasteiger partial charge is 0.447 e. The van der Waals surface area contributed by atoms with E-state index in [1.54, 1.807) is 48.5 Å². The number of benzene rings is 2. The maximum Gasteiger partial charge on any atom is 0.418 e. The molecule has 224 valence electrons. The molecule has 1 aliphatic carbocycles. The van der Waals surface area contributed by atoms with Crippen LogP contribution in [0, 0.1) is 0 Å². The first-order valence-corrected chi connectivity index (χ1v) is 15.0. The Bertz CT molecular complexity index is 1650. The molecule has 0 radical (unpaired) electrons. The van der Waals surface area contributed by atoms with Gasteiger partial charge in [0.1, 0.15) is 17.3 Å². The number of anilines is 1. The molecule has 1 unspecified atom stereocenters. The molecule has 2 aromatic carbocycles. The lowest BCUT2D eigenvalue weighted by molar-refractivity contribution is -0.243. The first-order chi connectivity index (χ1) is 20.5. The molecule has 1 saturated heterocycles. The van der Waals surface area contributed by atoms with Gasteiger partial charge < -0.3 is 20.6 Å². The quantitative estimate of drug-likeness (QED) is 0.0536. The minimum Gasteiger partial charge on any atom is -0.447 e. The Morgan fingerprint density at radius 3 is 2.23 bits per heavy atom. The summed E-state index contributed by atoms with van der Waals surface area (Å²) in [6.07, 6.45) is 0.431. The molecule has 43 heavy (non-hydrogen) atoms. The van der Waals surface area contributed by atoms with Gasteiger partial charge in [0.15, 0.2) is 16.9 Å². The van der Waals surface area contributed by atoms with E-state index in [2.05, 4.69) is 26.3 Å². The maximum absolute atomic E-state index is 13.3. The normalized spacial score (nSPS) is 17.6. The number of carbonyl (C=O) groups is 3. The molecule has 2 aliphatic rings. The molecule has 2 amide bonds. The fourth-order valence-corrected chi connectivity index (χ4v) is 5.70. The Morgan fingerprint density at radius 2 is 1.74 bits per heavy atom. The Labute approximate surface area is 249 Å². The van der Waals surface area contributed by atoms with Gasteiger partial charge in [0.2, 0.25) is 5.76 Å². The molecule has 4 N–H and O–H groups in total. The van der Waals surface area contributed by atoms with E-state index in [-0.39, 0.29) is 10.8 Å². The molecule has 16 heteroatoms. The van der Waals surface area contributed by atoms with E-state index in [0.717, 1.165) is 11.3 Å². The molecule has 14 nitrogen and oxygen atoms in total. The summed E-state index contributed by atoms with van der Waals surface area (Å²) in [5, 5.41) is 8.33. The number of carbonyl (C=O) groups excluding carboxylic acids is 3. The number of amides is 2. The number of oxime groups is 1. The second kappa shape index (κ2) is 11.9. The lowest BCUT2D eigenvalue weighted by Gasteiger charge is -2.59. The summed E-state index contributed by atoms with van der Waals surface area (Å²) >= 11 is 1.00. The summed E-state index contributed by atoms with van der Waals surface area (Å²) in [7, 11) is -4.97. The molecule has 1 saturated carbocycles. The van der Waals surface area contributed by atoms with E-state index in [4.69, 9.17) is 19.9 Å². The highest BCUT2D eigenvalue weighted by Crippen LogP contribution is 2.48. The van der Waals surface area contributed by atoms with E-state index >= 15 is 0 Å². The van der Waals surface area contributed by atoms with Crippen LogP contribution in [0.2, 0.25) is 0 Å². The minimum absolute atomic E-state index is 0.0203. The van der Waals surface area contributed by atoms with Crippen LogP contribution in [-0.2, 0) is 38.6 Å². The smallest absolute Gasteiger partial charge is 0.418 e. The van der Waals surface area contributed by atoms with E-state index in [1.165, 1.54) is 5.38 Å². The summed E-state index contributed by atoms with van der Waals surface area (Å²) in [5.41, 5.74) is 5.48. The van der Waals surface area contributed by atoms with Crippen molar-refractivity contribution in [2.75, 3.05) is 5.73 Å². The second-order valence-electron chi connectivity index (χ2n) is 9.63. The van der Waals surface area contributed by atoms with Crippen molar-refractivity contribution in [3.05, 3.63) is 95.2 Å². The van der Waals surface area contributed by atoms with Crippen molar-refractivity contribution in [2.45, 2.75) is 36.9 Å². The summed E-state index contributed by atoms with van der Waals surface area (Å²) in [4.78, 5) is 48.2. The summed E-state index contributed by atoms with van der Waals surface area (Å²) in [5.74, 6) is -3.34. The van der Waals surface area contributed by atoms with Crippen molar-refractivity contribution < 1.29 is 41.2 Å². The SMILES string of the molecule is C=C(O/N=C(\C(=O)NC1C(=O)N(OS(=O)(=O)O)C12CCC2)c1csc(N)n1)C(=O)OC(c1ccccc1)c1ccccc1. The zero-order valence-electron chi connectivity index (χ0n) is 22.3. The van der Waals surface area contributed by atoms with Crippen LogP contribution in [-0.4, -0.2) is 58.1 Å². The number of hydrogen-bond donors (Lipinski definition) is 3. The Balaban J connectivity index is 1.33. The van der Waals surface area contributed by atoms with Crippen LogP contribution in [0.4, 0.5) is 5.13 Å². The van der Waals surface area contributed by atoms with Crippen molar-refractivity contribution >= 4 is 50.4 Å². The first-order valence-electron chi connectivity index (χ1n) is 12.8. The van der Waals surface area contributed by atoms with E-state index in [0.29, 0.717) is 35.5 Å². The van der Waals surface area contributed by atoms with Gasteiger partial charge in [-0.15, -0.1) is 15.6 Å². The lowest BCUT2D eigenvalue weighted by Crippen LogP contribution is -2.81. The predicted molar refractivity (Wildman–Crippen MR) is 152 cm³/mol. The number of nitrogens with two attached hydrogens (primary N) is 1. The van der Waals surface area contributed by atoms with Crippen LogP contribution in [0.15, 0.2) is 83.5 Å². The summed E-state index contributed by atoms with van der Waals surface area (Å²) in [6, 6.07) is 16.8. The maximum atomic E-state index is 13.3. The number of hydroxylamine groups is 2. The molecule has 3 aromatic rings. The van der Waals surface area contributed by atoms with Gasteiger partial charge >= 0.3 is 16.4 Å². The second-order valence-corrected chi connectivity index (χ2v) is 11.5. The van der Waals surface area contributed by atoms with Gasteiger partial charge in [0, 0.05) is 5.38 Å². The van der Waals surface area contributed by atoms with E-state index in [9.17, 15) is 22.8 Å². The number of esters is 1. The standard InChI is InChI=1S/C27H25N5O9S2/c1-16(25(35)39-21(17-9-4-2-5-10-17)18-11-6-3-7-12-18)40-31-20(19-15-42-26(28)29-19)23(33)30-22-24(34)32(41-43(36,37)38)27(22)13-8-14-27/h2-7,9-12,15,21-22H,1,8,13-14H2,(H2,28,29)(H,30,33)(H,36,37,38)/b31-20-. The zero-order chi connectivity index (χ0) is 30.8. The average molecular weight is 628 g/mol. The molecule has 1 atom stereocenters. The van der Waals surface area contributed by atoms with E-state index in [1.807, 2.05) is 12.1 Å². The highest BCUT2D eigenvalue weighted by Gasteiger charge is 2.66. The highest BCUT2D eigenvalue weighted by molar-refractivity contribution is 7.80. The molecule has 1 spiro atoms. The number of ether oxygens (including phenoxy) is 1. The van der Waals surface area contributed by atoms with Crippen molar-refractivity contribution in [3.63, 3.8) is 0 Å². The fraction of sp³-hybridized carbons (Fsp3) is 0.222. The van der Waals surface area contributed by atoms with Gasteiger partial charge in [-0.1, -0.05) is 65.8 Å². The van der Waals surface area contributed by atoms with Crippen molar-refractivity contribution in [1.29, 1.82) is 0 Å². The molecule has 2 heterocycles.